The molecule has 1 aromatic heterocycles. The summed E-state index contributed by atoms with van der Waals surface area (Å²) in [6.07, 6.45) is 2.53. The number of carbonyl (C=O) groups excluding carboxylic acids is 3. The van der Waals surface area contributed by atoms with E-state index in [-0.39, 0.29) is 18.2 Å². The Morgan fingerprint density at radius 1 is 1.00 bits per heavy atom. The number of hydrogen-bond donors (Lipinski definition) is 2. The highest BCUT2D eigenvalue weighted by atomic mass is 79.9. The number of aromatic amines is 1. The first-order valence-electron chi connectivity index (χ1n) is 13.0. The fourth-order valence-corrected chi connectivity index (χ4v) is 6.65. The molecule has 1 unspecified atom stereocenters. The Kier molecular flexibility index (Phi) is 5.51. The number of piperidine rings is 2. The van der Waals surface area contributed by atoms with Crippen LogP contribution in [0.2, 0.25) is 0 Å². The normalized spacial score (nSPS) is 20.1. The van der Waals surface area contributed by atoms with Crippen LogP contribution in [-0.2, 0) is 14.9 Å². The summed E-state index contributed by atoms with van der Waals surface area (Å²) in [5.41, 5.74) is 5.89. The largest absolute Gasteiger partial charge is 0.342 e. The minimum atomic E-state index is -0.667. The lowest BCUT2D eigenvalue weighted by Gasteiger charge is -2.33. The monoisotopic (exact) mass is 571 g/mol. The number of nitrogens with zero attached hydrogens (tertiary/aromatic N) is 3. The first-order chi connectivity index (χ1) is 18.5. The van der Waals surface area contributed by atoms with Gasteiger partial charge in [-0.15, -0.1) is 0 Å². The predicted octanol–water partition coefficient (Wildman–Crippen LogP) is 4.76. The van der Waals surface area contributed by atoms with Crippen molar-refractivity contribution in [1.29, 1.82) is 0 Å². The second kappa shape index (κ2) is 8.94. The molecule has 0 radical (unpaired) electrons. The first-order valence-corrected chi connectivity index (χ1v) is 14.2. The molecule has 0 spiro atoms. The Hall–Kier alpha value is -3.72. The molecular weight excluding hydrogens is 546 g/mol. The van der Waals surface area contributed by atoms with Crippen molar-refractivity contribution in [2.24, 2.45) is 0 Å². The number of alkyl halides is 1. The van der Waals surface area contributed by atoms with Crippen molar-refractivity contribution in [2.45, 2.75) is 43.0 Å². The number of halogens is 1. The van der Waals surface area contributed by atoms with Crippen LogP contribution in [0.4, 0.5) is 11.6 Å². The van der Waals surface area contributed by atoms with E-state index >= 15 is 0 Å². The molecule has 7 rings (SSSR count). The quantitative estimate of drug-likeness (QED) is 0.272. The Morgan fingerprint density at radius 2 is 1.84 bits per heavy atom. The Bertz CT molecular complexity index is 1640. The third kappa shape index (κ3) is 3.63. The zero-order valence-electron chi connectivity index (χ0n) is 20.7. The zero-order valence-corrected chi connectivity index (χ0v) is 22.3. The standard InChI is InChI=1S/C29H26BrN5O3/c30-15-16-4-6-21-22(14-16)32-29(31-21)34-12-10-17(11-13-34)18-5-7-23-26-19(18)2-1-3-20(26)28(38)35(23)24-8-9-25(36)33-27(24)37/h1-7,14,17,24H,8-13,15H2,(H,31,32)(H,33,36,37). The van der Waals surface area contributed by atoms with Crippen LogP contribution in [0.25, 0.3) is 21.8 Å². The number of imidazole rings is 1. The number of nitrogens with one attached hydrogen (secondary N) is 2. The van der Waals surface area contributed by atoms with Gasteiger partial charge in [0.2, 0.25) is 17.8 Å². The molecule has 0 bridgehead atoms. The van der Waals surface area contributed by atoms with Gasteiger partial charge in [-0.05, 0) is 66.0 Å². The Morgan fingerprint density at radius 3 is 2.63 bits per heavy atom. The molecule has 3 aromatic carbocycles. The first kappa shape index (κ1) is 23.4. The summed E-state index contributed by atoms with van der Waals surface area (Å²) in [5.74, 6) is 0.422. The number of imide groups is 1. The van der Waals surface area contributed by atoms with Gasteiger partial charge >= 0.3 is 0 Å². The lowest BCUT2D eigenvalue weighted by atomic mass is 9.85. The topological polar surface area (TPSA) is 98.4 Å². The molecule has 2 N–H and O–H groups in total. The average Bonchev–Trinajstić information content (AvgIpc) is 3.49. The van der Waals surface area contributed by atoms with Crippen LogP contribution < -0.4 is 15.1 Å². The molecule has 2 saturated heterocycles. The molecule has 3 aliphatic heterocycles. The average molecular weight is 572 g/mol. The van der Waals surface area contributed by atoms with Crippen molar-refractivity contribution in [3.63, 3.8) is 0 Å². The minimum absolute atomic E-state index is 0.167. The molecule has 3 amide bonds. The third-order valence-corrected chi connectivity index (χ3v) is 8.85. The van der Waals surface area contributed by atoms with E-state index in [1.807, 2.05) is 18.2 Å². The van der Waals surface area contributed by atoms with Crippen molar-refractivity contribution in [3.8, 4) is 0 Å². The van der Waals surface area contributed by atoms with Gasteiger partial charge in [0.1, 0.15) is 6.04 Å². The van der Waals surface area contributed by atoms with Gasteiger partial charge in [0.05, 0.1) is 16.7 Å². The van der Waals surface area contributed by atoms with Gasteiger partial charge in [0.15, 0.2) is 0 Å². The molecular formula is C29H26BrN5O3. The number of carbonyl (C=O) groups is 3. The highest BCUT2D eigenvalue weighted by Crippen LogP contribution is 2.44. The maximum atomic E-state index is 13.4. The van der Waals surface area contributed by atoms with E-state index in [2.05, 4.69) is 61.5 Å². The highest BCUT2D eigenvalue weighted by Gasteiger charge is 2.41. The number of amides is 3. The fraction of sp³-hybridized carbons (Fsp3) is 0.310. The number of benzene rings is 3. The van der Waals surface area contributed by atoms with E-state index in [1.54, 1.807) is 4.90 Å². The molecule has 2 fully saturated rings. The number of aromatic nitrogens is 2. The Labute approximate surface area is 227 Å². The summed E-state index contributed by atoms with van der Waals surface area (Å²) < 4.78 is 0. The van der Waals surface area contributed by atoms with E-state index < -0.39 is 11.9 Å². The van der Waals surface area contributed by atoms with Crippen LogP contribution >= 0.6 is 15.9 Å². The molecule has 8 nitrogen and oxygen atoms in total. The SMILES string of the molecule is O=C1CCC(N2C(=O)c3cccc4c(C5CCN(c6nc7ccc(CBr)cc7[nH]6)CC5)ccc2c34)C(=O)N1. The van der Waals surface area contributed by atoms with E-state index in [9.17, 15) is 14.4 Å². The van der Waals surface area contributed by atoms with E-state index in [0.717, 1.165) is 64.7 Å². The molecule has 192 valence electrons. The Balaban J connectivity index is 1.16. The van der Waals surface area contributed by atoms with Crippen molar-refractivity contribution >= 4 is 67.1 Å². The number of hydrogen-bond acceptors (Lipinski definition) is 5. The van der Waals surface area contributed by atoms with Crippen LogP contribution in [0.3, 0.4) is 0 Å². The molecule has 38 heavy (non-hydrogen) atoms. The summed E-state index contributed by atoms with van der Waals surface area (Å²) in [6, 6.07) is 15.6. The molecule has 0 saturated carbocycles. The molecule has 4 heterocycles. The van der Waals surface area contributed by atoms with Crippen LogP contribution in [-0.4, -0.2) is 46.8 Å². The van der Waals surface area contributed by atoms with Gasteiger partial charge in [-0.1, -0.05) is 40.2 Å². The van der Waals surface area contributed by atoms with Gasteiger partial charge in [-0.25, -0.2) is 4.98 Å². The summed E-state index contributed by atoms with van der Waals surface area (Å²) in [4.78, 5) is 50.0. The summed E-state index contributed by atoms with van der Waals surface area (Å²) in [7, 11) is 0. The summed E-state index contributed by atoms with van der Waals surface area (Å²) in [5, 5.41) is 5.20. The van der Waals surface area contributed by atoms with Crippen molar-refractivity contribution in [3.05, 3.63) is 65.2 Å². The molecule has 3 aliphatic rings. The maximum Gasteiger partial charge on any atom is 0.259 e. The second-order valence-electron chi connectivity index (χ2n) is 10.4. The smallest absolute Gasteiger partial charge is 0.259 e. The lowest BCUT2D eigenvalue weighted by Crippen LogP contribution is -2.53. The lowest BCUT2D eigenvalue weighted by molar-refractivity contribution is -0.134. The third-order valence-electron chi connectivity index (χ3n) is 8.21. The number of H-pyrrole nitrogens is 1. The number of fused-ring (bicyclic) bond motifs is 1. The zero-order chi connectivity index (χ0) is 26.0. The molecule has 1 atom stereocenters. The van der Waals surface area contributed by atoms with Gasteiger partial charge in [0, 0.05) is 35.8 Å². The van der Waals surface area contributed by atoms with Crippen LogP contribution in [0.15, 0.2) is 48.5 Å². The van der Waals surface area contributed by atoms with E-state index in [4.69, 9.17) is 4.98 Å². The van der Waals surface area contributed by atoms with Crippen molar-refractivity contribution < 1.29 is 14.4 Å². The van der Waals surface area contributed by atoms with Crippen molar-refractivity contribution in [1.82, 2.24) is 15.3 Å². The van der Waals surface area contributed by atoms with Crippen LogP contribution in [0.5, 0.6) is 0 Å². The fourth-order valence-electron chi connectivity index (χ4n) is 6.30. The summed E-state index contributed by atoms with van der Waals surface area (Å²) >= 11 is 3.52. The minimum Gasteiger partial charge on any atom is -0.342 e. The molecule has 0 aliphatic carbocycles. The highest BCUT2D eigenvalue weighted by molar-refractivity contribution is 9.08. The second-order valence-corrected chi connectivity index (χ2v) is 10.9. The molecule has 9 heteroatoms. The van der Waals surface area contributed by atoms with Gasteiger partial charge < -0.3 is 9.88 Å². The predicted molar refractivity (Wildman–Crippen MR) is 150 cm³/mol. The summed E-state index contributed by atoms with van der Waals surface area (Å²) in [6.45, 7) is 1.78. The van der Waals surface area contributed by atoms with Gasteiger partial charge in [0.25, 0.3) is 5.91 Å². The van der Waals surface area contributed by atoms with Gasteiger partial charge in [-0.2, -0.15) is 0 Å². The van der Waals surface area contributed by atoms with Crippen LogP contribution in [0, 0.1) is 0 Å². The number of anilines is 2. The molecule has 4 aromatic rings. The number of rotatable bonds is 4. The van der Waals surface area contributed by atoms with E-state index in [1.165, 1.54) is 11.1 Å². The van der Waals surface area contributed by atoms with Gasteiger partial charge in [-0.3, -0.25) is 24.6 Å². The van der Waals surface area contributed by atoms with Crippen LogP contribution in [0.1, 0.15) is 53.1 Å². The van der Waals surface area contributed by atoms with Crippen molar-refractivity contribution in [2.75, 3.05) is 22.9 Å². The maximum absolute atomic E-state index is 13.4. The van der Waals surface area contributed by atoms with E-state index in [0.29, 0.717) is 17.9 Å².